The number of carbonyl (C=O) groups excluding carboxylic acids is 1. The molecule has 30 heavy (non-hydrogen) atoms. The lowest BCUT2D eigenvalue weighted by molar-refractivity contribution is 0.0712. The number of aromatic nitrogens is 5. The average Bonchev–Trinajstić information content (AvgIpc) is 3.47. The zero-order valence-electron chi connectivity index (χ0n) is 16.5. The van der Waals surface area contributed by atoms with Gasteiger partial charge in [-0.25, -0.2) is 9.37 Å². The van der Waals surface area contributed by atoms with Crippen molar-refractivity contribution in [3.05, 3.63) is 59.8 Å². The molecule has 0 saturated carbocycles. The summed E-state index contributed by atoms with van der Waals surface area (Å²) >= 11 is 0. The molecule has 3 aromatic heterocycles. The Morgan fingerprint density at radius 1 is 1.27 bits per heavy atom. The number of amides is 1. The predicted molar refractivity (Wildman–Crippen MR) is 106 cm³/mol. The van der Waals surface area contributed by atoms with Crippen molar-refractivity contribution in [1.29, 1.82) is 0 Å². The van der Waals surface area contributed by atoms with E-state index in [0.29, 0.717) is 40.4 Å². The maximum absolute atomic E-state index is 14.0. The van der Waals surface area contributed by atoms with Gasteiger partial charge in [-0.2, -0.15) is 10.1 Å². The monoisotopic (exact) mass is 406 g/mol. The number of benzene rings is 1. The van der Waals surface area contributed by atoms with Crippen LogP contribution in [0.1, 0.15) is 41.0 Å². The van der Waals surface area contributed by atoms with E-state index in [0.717, 1.165) is 18.4 Å². The Morgan fingerprint density at radius 3 is 2.87 bits per heavy atom. The van der Waals surface area contributed by atoms with Gasteiger partial charge >= 0.3 is 0 Å². The zero-order valence-corrected chi connectivity index (χ0v) is 16.5. The molecule has 1 aromatic carbocycles. The van der Waals surface area contributed by atoms with Crippen molar-refractivity contribution < 1.29 is 13.7 Å². The molecule has 8 nitrogen and oxygen atoms in total. The van der Waals surface area contributed by atoms with Crippen LogP contribution in [0.25, 0.3) is 22.2 Å². The van der Waals surface area contributed by atoms with E-state index in [1.165, 1.54) is 12.1 Å². The van der Waals surface area contributed by atoms with Gasteiger partial charge in [-0.3, -0.25) is 9.48 Å². The van der Waals surface area contributed by atoms with Gasteiger partial charge in [-0.15, -0.1) is 0 Å². The molecule has 0 N–H and O–H groups in total. The summed E-state index contributed by atoms with van der Waals surface area (Å²) in [6.45, 7) is 2.31. The highest BCUT2D eigenvalue weighted by Crippen LogP contribution is 2.34. The summed E-state index contributed by atoms with van der Waals surface area (Å²) in [4.78, 5) is 24.3. The number of nitrogens with zero attached hydrogens (tertiary/aromatic N) is 6. The van der Waals surface area contributed by atoms with Crippen LogP contribution in [-0.4, -0.2) is 42.3 Å². The van der Waals surface area contributed by atoms with Crippen molar-refractivity contribution in [3.63, 3.8) is 0 Å². The lowest BCUT2D eigenvalue weighted by Gasteiger charge is -2.23. The summed E-state index contributed by atoms with van der Waals surface area (Å²) in [5.41, 5.74) is 2.32. The molecule has 9 heteroatoms. The molecule has 0 aliphatic carbocycles. The van der Waals surface area contributed by atoms with Gasteiger partial charge < -0.3 is 9.42 Å². The van der Waals surface area contributed by atoms with Crippen molar-refractivity contribution in [2.24, 2.45) is 7.05 Å². The molecule has 4 heterocycles. The highest BCUT2D eigenvalue weighted by atomic mass is 19.1. The fourth-order valence-electron chi connectivity index (χ4n) is 3.95. The van der Waals surface area contributed by atoms with Gasteiger partial charge in [-0.1, -0.05) is 5.16 Å². The maximum atomic E-state index is 14.0. The van der Waals surface area contributed by atoms with Gasteiger partial charge in [0.2, 0.25) is 5.89 Å². The maximum Gasteiger partial charge on any atom is 0.255 e. The Kier molecular flexibility index (Phi) is 4.30. The predicted octanol–water partition coefficient (Wildman–Crippen LogP) is 3.44. The van der Waals surface area contributed by atoms with Gasteiger partial charge in [0.1, 0.15) is 11.9 Å². The van der Waals surface area contributed by atoms with E-state index < -0.39 is 5.82 Å². The van der Waals surface area contributed by atoms with Gasteiger partial charge in [0.25, 0.3) is 5.91 Å². The molecule has 1 aliphatic heterocycles. The van der Waals surface area contributed by atoms with E-state index in [2.05, 4.69) is 20.2 Å². The highest BCUT2D eigenvalue weighted by molar-refractivity contribution is 6.07. The number of halogens is 1. The lowest BCUT2D eigenvalue weighted by atomic mass is 10.0. The van der Waals surface area contributed by atoms with Crippen LogP contribution in [0.2, 0.25) is 0 Å². The van der Waals surface area contributed by atoms with Crippen molar-refractivity contribution in [1.82, 2.24) is 29.8 Å². The van der Waals surface area contributed by atoms with Crippen LogP contribution < -0.4 is 0 Å². The second-order valence-corrected chi connectivity index (χ2v) is 7.46. The Morgan fingerprint density at radius 2 is 2.13 bits per heavy atom. The number of likely N-dealkylation sites (tertiary alicyclic amines) is 1. The Bertz CT molecular complexity index is 1260. The van der Waals surface area contributed by atoms with Crippen molar-refractivity contribution in [3.8, 4) is 11.3 Å². The molecule has 1 aliphatic rings. The average molecular weight is 406 g/mol. The van der Waals surface area contributed by atoms with Crippen LogP contribution in [0, 0.1) is 12.7 Å². The van der Waals surface area contributed by atoms with Crippen LogP contribution >= 0.6 is 0 Å². The minimum Gasteiger partial charge on any atom is -0.337 e. The number of rotatable bonds is 3. The van der Waals surface area contributed by atoms with Gasteiger partial charge in [-0.05, 0) is 44.0 Å². The van der Waals surface area contributed by atoms with Gasteiger partial charge in [0.15, 0.2) is 5.82 Å². The first-order chi connectivity index (χ1) is 14.5. The molecule has 0 unspecified atom stereocenters. The zero-order chi connectivity index (χ0) is 20.8. The van der Waals surface area contributed by atoms with E-state index in [-0.39, 0.29) is 11.9 Å². The minimum absolute atomic E-state index is 0.212. The fraction of sp³-hybridized carbons (Fsp3) is 0.286. The second kappa shape index (κ2) is 7.01. The first-order valence-electron chi connectivity index (χ1n) is 9.70. The summed E-state index contributed by atoms with van der Waals surface area (Å²) in [7, 11) is 1.81. The van der Waals surface area contributed by atoms with Gasteiger partial charge in [0, 0.05) is 30.7 Å². The standard InChI is InChI=1S/C21H19FN6O2/c1-12-24-20(30-26-12)19-4-3-7-28(19)21(29)16-9-18(13-10-23-27(2)11-13)25-17-6-5-14(22)8-15(16)17/h5-6,8-11,19H,3-4,7H2,1-2H3/t19-/m0/s1. The molecule has 0 radical (unpaired) electrons. The molecule has 0 bridgehead atoms. The topological polar surface area (TPSA) is 89.9 Å². The van der Waals surface area contributed by atoms with E-state index in [1.54, 1.807) is 34.8 Å². The number of fused-ring (bicyclic) bond motifs is 1. The summed E-state index contributed by atoms with van der Waals surface area (Å²) < 4.78 is 21.0. The quantitative estimate of drug-likeness (QED) is 0.518. The Balaban J connectivity index is 1.63. The van der Waals surface area contributed by atoms with Crippen molar-refractivity contribution >= 4 is 16.8 Å². The number of hydrogen-bond donors (Lipinski definition) is 0. The molecule has 152 valence electrons. The normalized spacial score (nSPS) is 16.5. The number of pyridine rings is 1. The fourth-order valence-corrected chi connectivity index (χ4v) is 3.95. The number of aryl methyl sites for hydroxylation is 2. The summed E-state index contributed by atoms with van der Waals surface area (Å²) in [5.74, 6) is 0.324. The van der Waals surface area contributed by atoms with Crippen molar-refractivity contribution in [2.45, 2.75) is 25.8 Å². The molecule has 5 rings (SSSR count). The van der Waals surface area contributed by atoms with Crippen LogP contribution in [-0.2, 0) is 7.05 Å². The van der Waals surface area contributed by atoms with E-state index in [9.17, 15) is 9.18 Å². The molecule has 1 saturated heterocycles. The van der Waals surface area contributed by atoms with Crippen LogP contribution in [0.15, 0.2) is 41.2 Å². The molecule has 0 spiro atoms. The second-order valence-electron chi connectivity index (χ2n) is 7.46. The van der Waals surface area contributed by atoms with E-state index in [1.807, 2.05) is 13.2 Å². The van der Waals surface area contributed by atoms with Crippen LogP contribution in [0.4, 0.5) is 4.39 Å². The first-order valence-corrected chi connectivity index (χ1v) is 9.70. The number of carbonyl (C=O) groups is 1. The highest BCUT2D eigenvalue weighted by Gasteiger charge is 2.35. The molecular formula is C21H19FN6O2. The lowest BCUT2D eigenvalue weighted by Crippen LogP contribution is -2.31. The largest absolute Gasteiger partial charge is 0.337 e. The SMILES string of the molecule is Cc1noc([C@@H]2CCCN2C(=O)c2cc(-c3cnn(C)c3)nc3ccc(F)cc23)n1. The third-order valence-corrected chi connectivity index (χ3v) is 5.34. The van der Waals surface area contributed by atoms with E-state index >= 15 is 0 Å². The van der Waals surface area contributed by atoms with Gasteiger partial charge in [0.05, 0.1) is 23.0 Å². The summed E-state index contributed by atoms with van der Waals surface area (Å²) in [6, 6.07) is 5.69. The van der Waals surface area contributed by atoms with Crippen LogP contribution in [0.5, 0.6) is 0 Å². The molecular weight excluding hydrogens is 387 g/mol. The Hall–Kier alpha value is -3.62. The molecule has 4 aromatic rings. The first kappa shape index (κ1) is 18.4. The van der Waals surface area contributed by atoms with Crippen molar-refractivity contribution in [2.75, 3.05) is 6.54 Å². The minimum atomic E-state index is -0.419. The smallest absolute Gasteiger partial charge is 0.255 e. The molecule has 1 fully saturated rings. The van der Waals surface area contributed by atoms with E-state index in [4.69, 9.17) is 4.52 Å². The summed E-state index contributed by atoms with van der Waals surface area (Å²) in [6.07, 6.45) is 5.07. The molecule has 1 atom stereocenters. The number of hydrogen-bond acceptors (Lipinski definition) is 6. The third-order valence-electron chi connectivity index (χ3n) is 5.34. The summed E-state index contributed by atoms with van der Waals surface area (Å²) in [5, 5.41) is 8.51. The Labute approximate surface area is 171 Å². The molecule has 1 amide bonds. The third kappa shape index (κ3) is 3.12. The van der Waals surface area contributed by atoms with Crippen LogP contribution in [0.3, 0.4) is 0 Å².